The maximum absolute atomic E-state index is 12.3. The fourth-order valence-corrected chi connectivity index (χ4v) is 3.78. The molecule has 2 fully saturated rings. The van der Waals surface area contributed by atoms with Crippen LogP contribution in [-0.2, 0) is 4.74 Å². The second kappa shape index (κ2) is 4.74. The molecule has 1 N–H and O–H groups in total. The van der Waals surface area contributed by atoms with Gasteiger partial charge in [-0.3, -0.25) is 0 Å². The van der Waals surface area contributed by atoms with Gasteiger partial charge in [-0.2, -0.15) is 0 Å². The molecule has 1 saturated carbocycles. The third kappa shape index (κ3) is 2.01. The largest absolute Gasteiger partial charge is 0.508 e. The summed E-state index contributed by atoms with van der Waals surface area (Å²) >= 11 is 0. The van der Waals surface area contributed by atoms with Crippen molar-refractivity contribution in [2.45, 2.75) is 18.9 Å². The Kier molecular flexibility index (Phi) is 2.74. The van der Waals surface area contributed by atoms with Crippen LogP contribution < -0.4 is 10.4 Å². The molecule has 1 aliphatic carbocycles. The number of phenolic OH excluding ortho intramolecular Hbond substituents is 1. The molecule has 1 aliphatic heterocycles. The number of aromatic hydroxyl groups is 1. The summed E-state index contributed by atoms with van der Waals surface area (Å²) in [6, 6.07) is 10.3. The van der Waals surface area contributed by atoms with Crippen LogP contribution in [0.3, 0.4) is 0 Å². The van der Waals surface area contributed by atoms with Gasteiger partial charge in [0.25, 0.3) is 0 Å². The lowest BCUT2D eigenvalue weighted by molar-refractivity contribution is -0.191. The third-order valence-corrected chi connectivity index (χ3v) is 5.11. The number of fused-ring (bicyclic) bond motifs is 3. The molecule has 122 valence electrons. The highest BCUT2D eigenvalue weighted by Gasteiger charge is 2.51. The molecule has 0 atom stereocenters. The highest BCUT2D eigenvalue weighted by Crippen LogP contribution is 2.48. The van der Waals surface area contributed by atoms with Crippen molar-refractivity contribution < 1.29 is 19.0 Å². The third-order valence-electron chi connectivity index (χ3n) is 5.11. The molecule has 5 nitrogen and oxygen atoms in total. The summed E-state index contributed by atoms with van der Waals surface area (Å²) in [6.07, 6.45) is 2.21. The fourth-order valence-electron chi connectivity index (χ4n) is 3.78. The second-order valence-corrected chi connectivity index (χ2v) is 6.92. The predicted molar refractivity (Wildman–Crippen MR) is 88.6 cm³/mol. The van der Waals surface area contributed by atoms with E-state index in [0.717, 1.165) is 36.8 Å². The van der Waals surface area contributed by atoms with Crippen molar-refractivity contribution in [2.75, 3.05) is 13.2 Å². The van der Waals surface area contributed by atoms with Crippen molar-refractivity contribution in [1.82, 2.24) is 0 Å². The van der Waals surface area contributed by atoms with Gasteiger partial charge in [-0.15, -0.1) is 0 Å². The molecule has 0 bridgehead atoms. The van der Waals surface area contributed by atoms with Gasteiger partial charge in [-0.05, 0) is 43.2 Å². The molecule has 1 saturated heterocycles. The molecule has 0 unspecified atom stereocenters. The molecule has 2 aromatic carbocycles. The molecule has 1 spiro atoms. The van der Waals surface area contributed by atoms with Gasteiger partial charge in [0.2, 0.25) is 0 Å². The summed E-state index contributed by atoms with van der Waals surface area (Å²) in [5.41, 5.74) is 0.303. The van der Waals surface area contributed by atoms with Gasteiger partial charge in [0.15, 0.2) is 0 Å². The van der Waals surface area contributed by atoms with Crippen molar-refractivity contribution in [1.29, 1.82) is 0 Å². The lowest BCUT2D eigenvalue weighted by Crippen LogP contribution is -2.56. The van der Waals surface area contributed by atoms with Crippen LogP contribution in [0.4, 0.5) is 0 Å². The van der Waals surface area contributed by atoms with E-state index >= 15 is 0 Å². The summed E-state index contributed by atoms with van der Waals surface area (Å²) in [7, 11) is 0. The minimum Gasteiger partial charge on any atom is -0.508 e. The topological polar surface area (TPSA) is 68.9 Å². The van der Waals surface area contributed by atoms with Crippen LogP contribution >= 0.6 is 0 Å². The average Bonchev–Trinajstić information content (AvgIpc) is 2.48. The first-order chi connectivity index (χ1) is 11.6. The van der Waals surface area contributed by atoms with E-state index in [0.29, 0.717) is 22.1 Å². The Bertz CT molecular complexity index is 1010. The zero-order valence-corrected chi connectivity index (χ0v) is 13.0. The van der Waals surface area contributed by atoms with Gasteiger partial charge in [0.1, 0.15) is 23.2 Å². The van der Waals surface area contributed by atoms with Crippen molar-refractivity contribution in [3.05, 3.63) is 46.8 Å². The second-order valence-electron chi connectivity index (χ2n) is 6.92. The van der Waals surface area contributed by atoms with E-state index in [1.807, 2.05) is 12.1 Å². The Morgan fingerprint density at radius 2 is 1.83 bits per heavy atom. The van der Waals surface area contributed by atoms with Gasteiger partial charge in [0.05, 0.1) is 18.6 Å². The van der Waals surface area contributed by atoms with E-state index < -0.39 is 5.63 Å². The first-order valence-electron chi connectivity index (χ1n) is 8.06. The fraction of sp³-hybridized carbons (Fsp3) is 0.316. The number of ether oxygens (including phenoxy) is 2. The van der Waals surface area contributed by atoms with Crippen LogP contribution in [0.25, 0.3) is 21.7 Å². The summed E-state index contributed by atoms with van der Waals surface area (Å²) in [4.78, 5) is 12.3. The molecule has 0 radical (unpaired) electrons. The zero-order chi connectivity index (χ0) is 16.3. The van der Waals surface area contributed by atoms with Gasteiger partial charge >= 0.3 is 5.63 Å². The Morgan fingerprint density at radius 3 is 2.58 bits per heavy atom. The maximum Gasteiger partial charge on any atom is 0.344 e. The lowest BCUT2D eigenvalue weighted by atomic mass is 9.65. The first kappa shape index (κ1) is 13.9. The number of hydrogen-bond donors (Lipinski definition) is 1. The van der Waals surface area contributed by atoms with Gasteiger partial charge in [0, 0.05) is 22.3 Å². The van der Waals surface area contributed by atoms with E-state index in [1.54, 1.807) is 18.2 Å². The molecule has 5 rings (SSSR count). The summed E-state index contributed by atoms with van der Waals surface area (Å²) in [6.45, 7) is 1.68. The van der Waals surface area contributed by atoms with E-state index in [-0.39, 0.29) is 11.9 Å². The normalized spacial score (nSPS) is 19.3. The summed E-state index contributed by atoms with van der Waals surface area (Å²) in [5.74, 6) is 0.761. The maximum atomic E-state index is 12.3. The quantitative estimate of drug-likeness (QED) is 0.579. The molecule has 0 amide bonds. The van der Waals surface area contributed by atoms with Crippen LogP contribution in [0.1, 0.15) is 12.8 Å². The van der Waals surface area contributed by atoms with Gasteiger partial charge in [-0.1, -0.05) is 0 Å². The van der Waals surface area contributed by atoms with Gasteiger partial charge < -0.3 is 19.0 Å². The van der Waals surface area contributed by atoms with Crippen LogP contribution in [-0.4, -0.2) is 24.4 Å². The van der Waals surface area contributed by atoms with Crippen LogP contribution in [0.5, 0.6) is 11.5 Å². The minimum absolute atomic E-state index is 0.0730. The Hall–Kier alpha value is -2.53. The monoisotopic (exact) mass is 324 g/mol. The Labute approximate surface area is 137 Å². The molecule has 5 heteroatoms. The predicted octanol–water partition coefficient (Wildman–Crippen LogP) is 3.21. The molecular formula is C19H16O5. The van der Waals surface area contributed by atoms with Crippen LogP contribution in [0.2, 0.25) is 0 Å². The lowest BCUT2D eigenvalue weighted by Gasteiger charge is -2.52. The number of rotatable bonds is 2. The number of phenols is 1. The average molecular weight is 324 g/mol. The first-order valence-corrected chi connectivity index (χ1v) is 8.06. The smallest absolute Gasteiger partial charge is 0.344 e. The minimum atomic E-state index is -0.425. The van der Waals surface area contributed by atoms with Crippen LogP contribution in [0.15, 0.2) is 45.6 Å². The Balaban J connectivity index is 1.51. The van der Waals surface area contributed by atoms with E-state index in [4.69, 9.17) is 13.9 Å². The molecule has 2 heterocycles. The number of hydrogen-bond acceptors (Lipinski definition) is 5. The molecular weight excluding hydrogens is 308 g/mol. The number of benzene rings is 2. The molecule has 3 aromatic rings. The SMILES string of the molecule is O=c1oc2cc(O)ccc2c2ccc(OC3CC4(COC4)C3)cc12. The standard InChI is InChI=1S/C19H16O5/c20-11-1-3-15-14-4-2-12(6-16(14)18(21)24-17(15)5-11)23-13-7-19(8-13)9-22-10-19/h1-6,13,20H,7-10H2. The molecule has 1 aromatic heterocycles. The molecule has 24 heavy (non-hydrogen) atoms. The van der Waals surface area contributed by atoms with E-state index in [9.17, 15) is 9.90 Å². The van der Waals surface area contributed by atoms with Crippen molar-refractivity contribution in [3.8, 4) is 11.5 Å². The zero-order valence-electron chi connectivity index (χ0n) is 13.0. The highest BCUT2D eigenvalue weighted by molar-refractivity contribution is 6.04. The van der Waals surface area contributed by atoms with Crippen molar-refractivity contribution in [2.24, 2.45) is 5.41 Å². The molecule has 2 aliphatic rings. The Morgan fingerprint density at radius 1 is 1.04 bits per heavy atom. The van der Waals surface area contributed by atoms with E-state index in [2.05, 4.69) is 0 Å². The van der Waals surface area contributed by atoms with Gasteiger partial charge in [-0.25, -0.2) is 4.79 Å². The van der Waals surface area contributed by atoms with E-state index in [1.165, 1.54) is 6.07 Å². The highest BCUT2D eigenvalue weighted by atomic mass is 16.5. The van der Waals surface area contributed by atoms with Crippen molar-refractivity contribution in [3.63, 3.8) is 0 Å². The van der Waals surface area contributed by atoms with Crippen molar-refractivity contribution >= 4 is 21.7 Å². The summed E-state index contributed by atoms with van der Waals surface area (Å²) < 4.78 is 16.6. The van der Waals surface area contributed by atoms with Crippen LogP contribution in [0, 0.1) is 5.41 Å². The summed E-state index contributed by atoms with van der Waals surface area (Å²) in [5, 5.41) is 11.6.